The standard InChI is InChI=1S/C7H15NO2/c1-3-10-7(9)5-4-6(2)8/h6H,3-5,8H2,1-2H3. The summed E-state index contributed by atoms with van der Waals surface area (Å²) in [6.45, 7) is 4.13. The van der Waals surface area contributed by atoms with Crippen molar-refractivity contribution in [1.82, 2.24) is 0 Å². The SMILES string of the molecule is CCOC(=O)CCC(C)N. The summed E-state index contributed by atoms with van der Waals surface area (Å²) in [7, 11) is 0. The fraction of sp³-hybridized carbons (Fsp3) is 0.857. The van der Waals surface area contributed by atoms with Crippen LogP contribution in [-0.2, 0) is 9.53 Å². The first-order valence-corrected chi connectivity index (χ1v) is 3.58. The third-order valence-electron chi connectivity index (χ3n) is 1.11. The lowest BCUT2D eigenvalue weighted by atomic mass is 10.2. The molecule has 0 heterocycles. The van der Waals surface area contributed by atoms with Gasteiger partial charge in [-0.05, 0) is 20.3 Å². The van der Waals surface area contributed by atoms with E-state index in [1.54, 1.807) is 6.92 Å². The Morgan fingerprint density at radius 1 is 1.70 bits per heavy atom. The average molecular weight is 145 g/mol. The molecule has 0 saturated carbocycles. The molecule has 60 valence electrons. The summed E-state index contributed by atoms with van der Waals surface area (Å²) in [6, 6.07) is 0.0874. The zero-order valence-electron chi connectivity index (χ0n) is 6.59. The number of nitrogens with two attached hydrogens (primary N) is 1. The van der Waals surface area contributed by atoms with Crippen LogP contribution < -0.4 is 5.73 Å². The van der Waals surface area contributed by atoms with Crippen molar-refractivity contribution < 1.29 is 9.53 Å². The van der Waals surface area contributed by atoms with Crippen LogP contribution in [0.4, 0.5) is 0 Å². The Kier molecular flexibility index (Phi) is 4.94. The van der Waals surface area contributed by atoms with Gasteiger partial charge in [0.1, 0.15) is 0 Å². The lowest BCUT2D eigenvalue weighted by Crippen LogP contribution is -2.17. The molecule has 0 aliphatic rings. The predicted molar refractivity (Wildman–Crippen MR) is 39.5 cm³/mol. The minimum atomic E-state index is -0.153. The van der Waals surface area contributed by atoms with Crippen molar-refractivity contribution in [3.63, 3.8) is 0 Å². The van der Waals surface area contributed by atoms with Crippen LogP contribution >= 0.6 is 0 Å². The Hall–Kier alpha value is -0.570. The molecule has 0 radical (unpaired) electrons. The first kappa shape index (κ1) is 9.43. The Labute approximate surface area is 61.5 Å². The topological polar surface area (TPSA) is 52.3 Å². The van der Waals surface area contributed by atoms with E-state index >= 15 is 0 Å². The smallest absolute Gasteiger partial charge is 0.305 e. The van der Waals surface area contributed by atoms with Gasteiger partial charge in [-0.1, -0.05) is 0 Å². The number of rotatable bonds is 4. The van der Waals surface area contributed by atoms with Gasteiger partial charge in [0.2, 0.25) is 0 Å². The molecule has 0 rings (SSSR count). The number of ether oxygens (including phenoxy) is 1. The van der Waals surface area contributed by atoms with Gasteiger partial charge in [-0.25, -0.2) is 0 Å². The molecule has 0 amide bonds. The maximum Gasteiger partial charge on any atom is 0.305 e. The minimum absolute atomic E-state index is 0.0874. The van der Waals surface area contributed by atoms with Crippen LogP contribution in [-0.4, -0.2) is 18.6 Å². The summed E-state index contributed by atoms with van der Waals surface area (Å²) in [6.07, 6.45) is 1.14. The third kappa shape index (κ3) is 5.56. The number of carbonyl (C=O) groups excluding carboxylic acids is 1. The summed E-state index contributed by atoms with van der Waals surface area (Å²) in [4.78, 5) is 10.7. The normalized spacial score (nSPS) is 12.7. The van der Waals surface area contributed by atoms with Gasteiger partial charge in [0.15, 0.2) is 0 Å². The maximum atomic E-state index is 10.7. The molecular formula is C7H15NO2. The van der Waals surface area contributed by atoms with Gasteiger partial charge in [-0.15, -0.1) is 0 Å². The average Bonchev–Trinajstić information content (AvgIpc) is 1.85. The van der Waals surface area contributed by atoms with Gasteiger partial charge in [0.05, 0.1) is 6.61 Å². The van der Waals surface area contributed by atoms with Crippen LogP contribution in [0.5, 0.6) is 0 Å². The monoisotopic (exact) mass is 145 g/mol. The molecule has 2 N–H and O–H groups in total. The lowest BCUT2D eigenvalue weighted by molar-refractivity contribution is -0.143. The molecule has 1 unspecified atom stereocenters. The second-order valence-electron chi connectivity index (χ2n) is 2.32. The lowest BCUT2D eigenvalue weighted by Gasteiger charge is -2.03. The molecule has 0 saturated heterocycles. The van der Waals surface area contributed by atoms with Gasteiger partial charge < -0.3 is 10.5 Å². The minimum Gasteiger partial charge on any atom is -0.466 e. The molecular weight excluding hydrogens is 130 g/mol. The quantitative estimate of drug-likeness (QED) is 0.592. The molecule has 0 aliphatic carbocycles. The number of carbonyl (C=O) groups is 1. The van der Waals surface area contributed by atoms with Crippen molar-refractivity contribution in [2.75, 3.05) is 6.61 Å². The highest BCUT2D eigenvalue weighted by molar-refractivity contribution is 5.69. The van der Waals surface area contributed by atoms with E-state index < -0.39 is 0 Å². The summed E-state index contributed by atoms with van der Waals surface area (Å²) < 4.78 is 4.70. The van der Waals surface area contributed by atoms with Crippen LogP contribution in [0.3, 0.4) is 0 Å². The summed E-state index contributed by atoms with van der Waals surface area (Å²) in [5.41, 5.74) is 5.43. The molecule has 0 fully saturated rings. The first-order chi connectivity index (χ1) is 4.66. The van der Waals surface area contributed by atoms with Crippen LogP contribution in [0.15, 0.2) is 0 Å². The van der Waals surface area contributed by atoms with E-state index in [0.717, 1.165) is 0 Å². The maximum absolute atomic E-state index is 10.7. The Morgan fingerprint density at radius 2 is 2.30 bits per heavy atom. The van der Waals surface area contributed by atoms with E-state index in [1.807, 2.05) is 6.92 Å². The van der Waals surface area contributed by atoms with Gasteiger partial charge in [-0.3, -0.25) is 4.79 Å². The van der Waals surface area contributed by atoms with E-state index in [1.165, 1.54) is 0 Å². The second kappa shape index (κ2) is 5.23. The summed E-state index contributed by atoms with van der Waals surface area (Å²) in [5, 5.41) is 0. The van der Waals surface area contributed by atoms with E-state index in [0.29, 0.717) is 19.4 Å². The largest absolute Gasteiger partial charge is 0.466 e. The van der Waals surface area contributed by atoms with Gasteiger partial charge in [0.25, 0.3) is 0 Å². The summed E-state index contributed by atoms with van der Waals surface area (Å²) in [5.74, 6) is -0.153. The van der Waals surface area contributed by atoms with Crippen molar-refractivity contribution in [1.29, 1.82) is 0 Å². The number of hydrogen-bond acceptors (Lipinski definition) is 3. The zero-order chi connectivity index (χ0) is 7.98. The highest BCUT2D eigenvalue weighted by Gasteiger charge is 2.02. The van der Waals surface area contributed by atoms with E-state index in [9.17, 15) is 4.79 Å². The number of esters is 1. The van der Waals surface area contributed by atoms with Crippen LogP contribution in [0.1, 0.15) is 26.7 Å². The molecule has 3 heteroatoms. The molecule has 0 aromatic carbocycles. The first-order valence-electron chi connectivity index (χ1n) is 3.58. The highest BCUT2D eigenvalue weighted by Crippen LogP contribution is 1.95. The fourth-order valence-electron chi connectivity index (χ4n) is 0.579. The van der Waals surface area contributed by atoms with E-state index in [2.05, 4.69) is 0 Å². The second-order valence-corrected chi connectivity index (χ2v) is 2.32. The van der Waals surface area contributed by atoms with Crippen LogP contribution in [0.2, 0.25) is 0 Å². The van der Waals surface area contributed by atoms with Crippen molar-refractivity contribution >= 4 is 5.97 Å². The Bertz CT molecular complexity index is 102. The predicted octanol–water partition coefficient (Wildman–Crippen LogP) is 0.677. The van der Waals surface area contributed by atoms with Gasteiger partial charge in [0, 0.05) is 12.5 Å². The molecule has 0 aromatic rings. The van der Waals surface area contributed by atoms with Gasteiger partial charge >= 0.3 is 5.97 Å². The van der Waals surface area contributed by atoms with Crippen molar-refractivity contribution in [2.24, 2.45) is 5.73 Å². The van der Waals surface area contributed by atoms with Crippen molar-refractivity contribution in [2.45, 2.75) is 32.7 Å². The molecule has 0 aliphatic heterocycles. The summed E-state index contributed by atoms with van der Waals surface area (Å²) >= 11 is 0. The number of hydrogen-bond donors (Lipinski definition) is 1. The third-order valence-corrected chi connectivity index (χ3v) is 1.11. The molecule has 10 heavy (non-hydrogen) atoms. The Morgan fingerprint density at radius 3 is 2.70 bits per heavy atom. The molecule has 0 bridgehead atoms. The Balaban J connectivity index is 3.22. The zero-order valence-corrected chi connectivity index (χ0v) is 6.59. The fourth-order valence-corrected chi connectivity index (χ4v) is 0.579. The van der Waals surface area contributed by atoms with Crippen molar-refractivity contribution in [3.05, 3.63) is 0 Å². The van der Waals surface area contributed by atoms with E-state index in [4.69, 9.17) is 10.5 Å². The van der Waals surface area contributed by atoms with Crippen LogP contribution in [0.25, 0.3) is 0 Å². The van der Waals surface area contributed by atoms with E-state index in [-0.39, 0.29) is 12.0 Å². The van der Waals surface area contributed by atoms with Gasteiger partial charge in [-0.2, -0.15) is 0 Å². The highest BCUT2D eigenvalue weighted by atomic mass is 16.5. The molecule has 1 atom stereocenters. The molecule has 3 nitrogen and oxygen atoms in total. The molecule has 0 aromatic heterocycles. The molecule has 0 spiro atoms. The van der Waals surface area contributed by atoms with Crippen LogP contribution in [0, 0.1) is 0 Å². The van der Waals surface area contributed by atoms with Crippen molar-refractivity contribution in [3.8, 4) is 0 Å².